The van der Waals surface area contributed by atoms with E-state index in [1.807, 2.05) is 30.3 Å². The molecular weight excluding hydrogens is 274 g/mol. The standard InChI is InChI=1S/C15H16ClN3O/c16-14-13(15(20)18-11-6-4-5-7-11)10-17-19(14)12-8-2-1-3-9-12/h1-3,8-11H,4-7H2,(H,18,20). The van der Waals surface area contributed by atoms with Crippen LogP contribution in [0, 0.1) is 0 Å². The van der Waals surface area contributed by atoms with E-state index < -0.39 is 0 Å². The van der Waals surface area contributed by atoms with Crippen LogP contribution in [0.25, 0.3) is 5.69 Å². The second kappa shape index (κ2) is 5.67. The first-order valence-corrected chi connectivity index (χ1v) is 7.23. The van der Waals surface area contributed by atoms with Gasteiger partial charge in [-0.05, 0) is 25.0 Å². The zero-order valence-electron chi connectivity index (χ0n) is 11.1. The van der Waals surface area contributed by atoms with Crippen LogP contribution in [0.1, 0.15) is 36.0 Å². The van der Waals surface area contributed by atoms with Gasteiger partial charge in [0.15, 0.2) is 0 Å². The lowest BCUT2D eigenvalue weighted by molar-refractivity contribution is 0.0938. The lowest BCUT2D eigenvalue weighted by atomic mass is 10.2. The molecule has 0 radical (unpaired) electrons. The van der Waals surface area contributed by atoms with Crippen LogP contribution in [-0.4, -0.2) is 21.7 Å². The van der Waals surface area contributed by atoms with Crippen LogP contribution in [0.2, 0.25) is 5.15 Å². The summed E-state index contributed by atoms with van der Waals surface area (Å²) in [5.74, 6) is -0.135. The van der Waals surface area contributed by atoms with Crippen molar-refractivity contribution in [2.75, 3.05) is 0 Å². The number of halogens is 1. The predicted molar refractivity (Wildman–Crippen MR) is 78.3 cm³/mol. The third kappa shape index (κ3) is 2.56. The largest absolute Gasteiger partial charge is 0.349 e. The summed E-state index contributed by atoms with van der Waals surface area (Å²) in [7, 11) is 0. The van der Waals surface area contributed by atoms with Gasteiger partial charge >= 0.3 is 0 Å². The Labute approximate surface area is 122 Å². The van der Waals surface area contributed by atoms with E-state index >= 15 is 0 Å². The number of carbonyl (C=O) groups excluding carboxylic acids is 1. The number of benzene rings is 1. The lowest BCUT2D eigenvalue weighted by Gasteiger charge is -2.11. The Hall–Kier alpha value is -1.81. The number of hydrogen-bond donors (Lipinski definition) is 1. The molecular formula is C15H16ClN3O. The zero-order valence-corrected chi connectivity index (χ0v) is 11.8. The van der Waals surface area contributed by atoms with Gasteiger partial charge in [-0.1, -0.05) is 42.6 Å². The van der Waals surface area contributed by atoms with Gasteiger partial charge in [-0.3, -0.25) is 4.79 Å². The maximum atomic E-state index is 12.2. The van der Waals surface area contributed by atoms with Gasteiger partial charge in [-0.15, -0.1) is 0 Å². The maximum Gasteiger partial charge on any atom is 0.256 e. The molecule has 1 heterocycles. The van der Waals surface area contributed by atoms with E-state index in [0.717, 1.165) is 18.5 Å². The molecule has 5 heteroatoms. The van der Waals surface area contributed by atoms with Gasteiger partial charge in [0.1, 0.15) is 5.15 Å². The third-order valence-electron chi connectivity index (χ3n) is 3.65. The Morgan fingerprint density at radius 1 is 1.25 bits per heavy atom. The molecule has 1 N–H and O–H groups in total. The van der Waals surface area contributed by atoms with E-state index in [1.165, 1.54) is 19.0 Å². The molecule has 3 rings (SSSR count). The van der Waals surface area contributed by atoms with E-state index in [1.54, 1.807) is 4.68 Å². The molecule has 1 fully saturated rings. The lowest BCUT2D eigenvalue weighted by Crippen LogP contribution is -2.32. The first-order valence-electron chi connectivity index (χ1n) is 6.85. The van der Waals surface area contributed by atoms with Crippen molar-refractivity contribution in [3.8, 4) is 5.69 Å². The van der Waals surface area contributed by atoms with Gasteiger partial charge in [-0.2, -0.15) is 5.10 Å². The summed E-state index contributed by atoms with van der Waals surface area (Å²) >= 11 is 6.28. The molecule has 0 saturated heterocycles. The minimum absolute atomic E-state index is 0.135. The van der Waals surface area contributed by atoms with Crippen LogP contribution in [0.15, 0.2) is 36.5 Å². The molecule has 0 bridgehead atoms. The number of hydrogen-bond acceptors (Lipinski definition) is 2. The first kappa shape index (κ1) is 13.2. The normalized spacial score (nSPS) is 15.4. The van der Waals surface area contributed by atoms with Crippen molar-refractivity contribution in [3.05, 3.63) is 47.2 Å². The summed E-state index contributed by atoms with van der Waals surface area (Å²) in [6.45, 7) is 0. The van der Waals surface area contributed by atoms with E-state index in [2.05, 4.69) is 10.4 Å². The number of amides is 1. The fourth-order valence-corrected chi connectivity index (χ4v) is 2.84. The highest BCUT2D eigenvalue weighted by Gasteiger charge is 2.21. The minimum Gasteiger partial charge on any atom is -0.349 e. The Morgan fingerprint density at radius 3 is 2.65 bits per heavy atom. The smallest absolute Gasteiger partial charge is 0.256 e. The van der Waals surface area contributed by atoms with Gasteiger partial charge in [0.05, 0.1) is 17.4 Å². The summed E-state index contributed by atoms with van der Waals surface area (Å²) in [5.41, 5.74) is 1.28. The molecule has 2 aromatic rings. The fourth-order valence-electron chi connectivity index (χ4n) is 2.57. The van der Waals surface area contributed by atoms with Crippen LogP contribution in [0.3, 0.4) is 0 Å². The van der Waals surface area contributed by atoms with Crippen LogP contribution in [0.4, 0.5) is 0 Å². The summed E-state index contributed by atoms with van der Waals surface area (Å²) in [6, 6.07) is 9.82. The van der Waals surface area contributed by atoms with Gasteiger partial charge in [0.25, 0.3) is 5.91 Å². The molecule has 1 aromatic heterocycles. The summed E-state index contributed by atoms with van der Waals surface area (Å²) in [6.07, 6.45) is 6.00. The second-order valence-corrected chi connectivity index (χ2v) is 5.41. The molecule has 1 saturated carbocycles. The molecule has 0 aliphatic heterocycles. The van der Waals surface area contributed by atoms with Crippen molar-refractivity contribution in [2.24, 2.45) is 0 Å². The van der Waals surface area contributed by atoms with E-state index in [0.29, 0.717) is 10.7 Å². The molecule has 1 amide bonds. The highest BCUT2D eigenvalue weighted by atomic mass is 35.5. The van der Waals surface area contributed by atoms with E-state index in [-0.39, 0.29) is 11.9 Å². The van der Waals surface area contributed by atoms with Crippen molar-refractivity contribution in [1.29, 1.82) is 0 Å². The molecule has 20 heavy (non-hydrogen) atoms. The Balaban J connectivity index is 1.81. The van der Waals surface area contributed by atoms with Crippen LogP contribution >= 0.6 is 11.6 Å². The molecule has 1 aliphatic rings. The number of nitrogens with zero attached hydrogens (tertiary/aromatic N) is 2. The molecule has 1 aliphatic carbocycles. The number of para-hydroxylation sites is 1. The average Bonchev–Trinajstić information content (AvgIpc) is 3.09. The van der Waals surface area contributed by atoms with Crippen LogP contribution in [-0.2, 0) is 0 Å². The molecule has 1 aromatic carbocycles. The highest BCUT2D eigenvalue weighted by molar-refractivity contribution is 6.33. The molecule has 0 spiro atoms. The van der Waals surface area contributed by atoms with E-state index in [9.17, 15) is 4.79 Å². The quantitative estimate of drug-likeness (QED) is 0.943. The number of rotatable bonds is 3. The van der Waals surface area contributed by atoms with Crippen molar-refractivity contribution >= 4 is 17.5 Å². The van der Waals surface area contributed by atoms with Gasteiger partial charge in [-0.25, -0.2) is 4.68 Å². The van der Waals surface area contributed by atoms with Crippen molar-refractivity contribution in [3.63, 3.8) is 0 Å². The average molecular weight is 290 g/mol. The van der Waals surface area contributed by atoms with Crippen molar-refractivity contribution < 1.29 is 4.79 Å². The van der Waals surface area contributed by atoms with Gasteiger partial charge in [0.2, 0.25) is 0 Å². The SMILES string of the molecule is O=C(NC1CCCC1)c1cnn(-c2ccccc2)c1Cl. The monoisotopic (exact) mass is 289 g/mol. The molecule has 104 valence electrons. The molecule has 4 nitrogen and oxygen atoms in total. The number of nitrogens with one attached hydrogen (secondary N) is 1. The second-order valence-electron chi connectivity index (χ2n) is 5.05. The first-order chi connectivity index (χ1) is 9.75. The number of aromatic nitrogens is 2. The van der Waals surface area contributed by atoms with Crippen molar-refractivity contribution in [2.45, 2.75) is 31.7 Å². The zero-order chi connectivity index (χ0) is 13.9. The third-order valence-corrected chi connectivity index (χ3v) is 4.01. The summed E-state index contributed by atoms with van der Waals surface area (Å²) in [4.78, 5) is 12.2. The number of carbonyl (C=O) groups is 1. The maximum absolute atomic E-state index is 12.2. The summed E-state index contributed by atoms with van der Waals surface area (Å²) in [5, 5.41) is 7.58. The van der Waals surface area contributed by atoms with Gasteiger partial charge in [0, 0.05) is 6.04 Å². The summed E-state index contributed by atoms with van der Waals surface area (Å²) < 4.78 is 1.57. The predicted octanol–water partition coefficient (Wildman–Crippen LogP) is 3.20. The van der Waals surface area contributed by atoms with Crippen LogP contribution in [0.5, 0.6) is 0 Å². The van der Waals surface area contributed by atoms with Crippen molar-refractivity contribution in [1.82, 2.24) is 15.1 Å². The Bertz CT molecular complexity index is 603. The minimum atomic E-state index is -0.135. The fraction of sp³-hybridized carbons (Fsp3) is 0.333. The van der Waals surface area contributed by atoms with Gasteiger partial charge < -0.3 is 5.32 Å². The highest BCUT2D eigenvalue weighted by Crippen LogP contribution is 2.22. The molecule has 0 atom stereocenters. The Morgan fingerprint density at radius 2 is 1.95 bits per heavy atom. The molecule has 0 unspecified atom stereocenters. The van der Waals surface area contributed by atoms with E-state index in [4.69, 9.17) is 11.6 Å². The topological polar surface area (TPSA) is 46.9 Å². The Kier molecular flexibility index (Phi) is 3.74. The van der Waals surface area contributed by atoms with Crippen LogP contribution < -0.4 is 5.32 Å².